The Labute approximate surface area is 201 Å². The lowest BCUT2D eigenvalue weighted by molar-refractivity contribution is -0.259. The van der Waals surface area contributed by atoms with Gasteiger partial charge >= 0.3 is 5.97 Å². The van der Waals surface area contributed by atoms with Crippen LogP contribution >= 0.6 is 0 Å². The summed E-state index contributed by atoms with van der Waals surface area (Å²) < 4.78 is 12.2. The number of ether oxygens (including phenoxy) is 2. The highest BCUT2D eigenvalue weighted by Crippen LogP contribution is 2.75. The first-order chi connectivity index (χ1) is 15.3. The minimum absolute atomic E-state index is 0.0891. The smallest absolute Gasteiger partial charge is 0.302 e. The van der Waals surface area contributed by atoms with Gasteiger partial charge in [0.2, 0.25) is 0 Å². The summed E-state index contributed by atoms with van der Waals surface area (Å²) in [6.07, 6.45) is 10.9. The van der Waals surface area contributed by atoms with Crippen LogP contribution in [0.1, 0.15) is 106 Å². The van der Waals surface area contributed by atoms with Gasteiger partial charge in [0, 0.05) is 18.3 Å². The maximum absolute atomic E-state index is 12.4. The summed E-state index contributed by atoms with van der Waals surface area (Å²) in [7, 11) is 0. The zero-order valence-electron chi connectivity index (χ0n) is 22.2. The quantitative estimate of drug-likeness (QED) is 0.488. The highest BCUT2D eigenvalue weighted by atomic mass is 16.6. The molecule has 0 spiro atoms. The molecule has 4 heteroatoms. The van der Waals surface area contributed by atoms with Crippen LogP contribution in [0, 0.1) is 51.2 Å². The summed E-state index contributed by atoms with van der Waals surface area (Å²) in [5.41, 5.74) is 0.847. The van der Waals surface area contributed by atoms with Crippen LogP contribution in [0.5, 0.6) is 0 Å². The Bertz CT molecular complexity index is 807. The average molecular weight is 461 g/mol. The molecule has 0 unspecified atom stereocenters. The van der Waals surface area contributed by atoms with E-state index in [4.69, 9.17) is 9.47 Å². The third-order valence-corrected chi connectivity index (χ3v) is 12.8. The minimum atomic E-state index is -1.06. The van der Waals surface area contributed by atoms with Crippen LogP contribution in [0.15, 0.2) is 0 Å². The van der Waals surface area contributed by atoms with Crippen LogP contribution in [-0.2, 0) is 14.3 Å². The maximum Gasteiger partial charge on any atom is 0.302 e. The van der Waals surface area contributed by atoms with Crippen molar-refractivity contribution in [2.24, 2.45) is 51.2 Å². The van der Waals surface area contributed by atoms with Crippen LogP contribution in [0.2, 0.25) is 0 Å². The Kier molecular flexibility index (Phi) is 5.44. The van der Waals surface area contributed by atoms with Gasteiger partial charge in [-0.05, 0) is 91.8 Å². The number of fused-ring (bicyclic) bond motifs is 7. The Hall–Kier alpha value is -0.610. The molecule has 1 aliphatic heterocycles. The zero-order chi connectivity index (χ0) is 24.0. The molecule has 188 valence electrons. The van der Waals surface area contributed by atoms with Crippen molar-refractivity contribution in [3.8, 4) is 0 Å². The van der Waals surface area contributed by atoms with Gasteiger partial charge in [-0.1, -0.05) is 47.5 Å². The normalized spacial score (nSPS) is 57.9. The van der Waals surface area contributed by atoms with E-state index in [-0.39, 0.29) is 34.7 Å². The highest BCUT2D eigenvalue weighted by Gasteiger charge is 2.71. The first-order valence-corrected chi connectivity index (χ1v) is 13.9. The molecule has 11 atom stereocenters. The summed E-state index contributed by atoms with van der Waals surface area (Å²) in [6.45, 7) is 16.5. The lowest BCUT2D eigenvalue weighted by Gasteiger charge is -2.71. The lowest BCUT2D eigenvalue weighted by Crippen LogP contribution is -2.68. The Morgan fingerprint density at radius 1 is 0.939 bits per heavy atom. The number of carbonyl (C=O) groups is 1. The summed E-state index contributed by atoms with van der Waals surface area (Å²) in [6, 6.07) is 0. The van der Waals surface area contributed by atoms with Crippen molar-refractivity contribution in [1.29, 1.82) is 0 Å². The van der Waals surface area contributed by atoms with Gasteiger partial charge in [0.05, 0.1) is 6.61 Å². The third-order valence-electron chi connectivity index (χ3n) is 12.8. The second-order valence-corrected chi connectivity index (χ2v) is 13.9. The first kappa shape index (κ1) is 24.1. The number of hydrogen-bond donors (Lipinski definition) is 1. The molecule has 5 fully saturated rings. The number of rotatable bonds is 2. The van der Waals surface area contributed by atoms with Gasteiger partial charge in [-0.2, -0.15) is 0 Å². The van der Waals surface area contributed by atoms with Crippen LogP contribution in [0.25, 0.3) is 0 Å². The number of esters is 1. The Morgan fingerprint density at radius 3 is 2.30 bits per heavy atom. The van der Waals surface area contributed by atoms with Crippen molar-refractivity contribution >= 4 is 5.97 Å². The summed E-state index contributed by atoms with van der Waals surface area (Å²) in [5, 5.41) is 11.0. The fourth-order valence-electron chi connectivity index (χ4n) is 11.1. The van der Waals surface area contributed by atoms with E-state index in [1.165, 1.54) is 38.5 Å². The number of hydrogen-bond acceptors (Lipinski definition) is 4. The van der Waals surface area contributed by atoms with Gasteiger partial charge in [0.1, 0.15) is 6.10 Å². The molecule has 33 heavy (non-hydrogen) atoms. The minimum Gasteiger partial charge on any atom is -0.462 e. The molecule has 0 amide bonds. The highest BCUT2D eigenvalue weighted by molar-refractivity contribution is 5.66. The second-order valence-electron chi connectivity index (χ2n) is 13.9. The largest absolute Gasteiger partial charge is 0.462 e. The SMILES string of the molecule is CC[C@@]1(C)CCC[C@]2(C)[C@H]3C[C@H](OC(C)=O)[C@]4(C)[C@H]5CO[C@](C)(O)[C@@H]5CC[C@H]4[C@]3(C)CC[C@@H]12. The van der Waals surface area contributed by atoms with Crippen LogP contribution in [-0.4, -0.2) is 29.6 Å². The predicted molar refractivity (Wildman–Crippen MR) is 129 cm³/mol. The van der Waals surface area contributed by atoms with E-state index in [1.807, 2.05) is 6.92 Å². The fourth-order valence-corrected chi connectivity index (χ4v) is 11.1. The molecule has 1 heterocycles. The lowest BCUT2D eigenvalue weighted by atomic mass is 9.34. The van der Waals surface area contributed by atoms with Crippen LogP contribution in [0.3, 0.4) is 0 Å². The van der Waals surface area contributed by atoms with E-state index in [0.717, 1.165) is 25.2 Å². The van der Waals surface area contributed by atoms with Gasteiger partial charge in [-0.15, -0.1) is 0 Å². The van der Waals surface area contributed by atoms with Gasteiger partial charge in [0.25, 0.3) is 0 Å². The monoisotopic (exact) mass is 460 g/mol. The molecule has 4 saturated carbocycles. The molecule has 0 radical (unpaired) electrons. The zero-order valence-corrected chi connectivity index (χ0v) is 22.2. The Balaban J connectivity index is 1.59. The van der Waals surface area contributed by atoms with Gasteiger partial charge in [0.15, 0.2) is 5.79 Å². The van der Waals surface area contributed by atoms with Crippen LogP contribution < -0.4 is 0 Å². The molecular weight excluding hydrogens is 412 g/mol. The molecule has 0 aromatic heterocycles. The number of aliphatic hydroxyl groups is 1. The molecule has 4 nitrogen and oxygen atoms in total. The van der Waals surface area contributed by atoms with Crippen molar-refractivity contribution in [2.75, 3.05) is 6.61 Å². The topological polar surface area (TPSA) is 55.8 Å². The van der Waals surface area contributed by atoms with Gasteiger partial charge in [-0.25, -0.2) is 0 Å². The molecule has 1 saturated heterocycles. The molecule has 0 aromatic carbocycles. The van der Waals surface area contributed by atoms with E-state index in [9.17, 15) is 9.90 Å². The van der Waals surface area contributed by atoms with Crippen LogP contribution in [0.4, 0.5) is 0 Å². The third kappa shape index (κ3) is 3.11. The standard InChI is InChI=1S/C29H48O4/c1-8-25(3)13-9-14-26(4)21(25)12-15-27(5)22-11-10-19-20(17-32-29(19,7)31)28(22,6)24(16-23(26)27)33-18(2)30/h19-24,31H,8-17H2,1-7H3/t19-,20+,21+,22+,23-,24+,25+,26+,27+,28-,29+/m1/s1. The van der Waals surface area contributed by atoms with E-state index in [2.05, 4.69) is 34.6 Å². The van der Waals surface area contributed by atoms with E-state index in [1.54, 1.807) is 6.92 Å². The van der Waals surface area contributed by atoms with Crippen molar-refractivity contribution in [3.63, 3.8) is 0 Å². The van der Waals surface area contributed by atoms with Crippen molar-refractivity contribution in [2.45, 2.75) is 118 Å². The van der Waals surface area contributed by atoms with E-state index >= 15 is 0 Å². The first-order valence-electron chi connectivity index (χ1n) is 13.9. The van der Waals surface area contributed by atoms with Gasteiger partial charge in [-0.3, -0.25) is 4.79 Å². The molecule has 1 N–H and O–H groups in total. The molecular formula is C29H48O4. The maximum atomic E-state index is 12.4. The van der Waals surface area contributed by atoms with Crippen molar-refractivity contribution in [3.05, 3.63) is 0 Å². The summed E-state index contributed by atoms with van der Waals surface area (Å²) >= 11 is 0. The molecule has 5 rings (SSSR count). The van der Waals surface area contributed by atoms with Crippen molar-refractivity contribution < 1.29 is 19.4 Å². The molecule has 5 aliphatic rings. The molecule has 0 aromatic rings. The fraction of sp³-hybridized carbons (Fsp3) is 0.966. The molecule has 4 aliphatic carbocycles. The predicted octanol–water partition coefficient (Wildman–Crippen LogP) is 6.35. The second kappa shape index (κ2) is 7.45. The average Bonchev–Trinajstić information content (AvgIpc) is 3.04. The van der Waals surface area contributed by atoms with Crippen molar-refractivity contribution in [1.82, 2.24) is 0 Å². The van der Waals surface area contributed by atoms with E-state index in [0.29, 0.717) is 29.3 Å². The Morgan fingerprint density at radius 2 is 1.64 bits per heavy atom. The van der Waals surface area contributed by atoms with E-state index < -0.39 is 5.79 Å². The summed E-state index contributed by atoms with van der Waals surface area (Å²) in [5.74, 6) is 0.990. The summed E-state index contributed by atoms with van der Waals surface area (Å²) in [4.78, 5) is 12.4. The van der Waals surface area contributed by atoms with Gasteiger partial charge < -0.3 is 14.6 Å². The molecule has 0 bridgehead atoms. The number of carbonyl (C=O) groups excluding carboxylic acids is 1.